The Morgan fingerprint density at radius 2 is 1.73 bits per heavy atom. The normalized spacial score (nSPS) is 11.7. The van der Waals surface area contributed by atoms with E-state index in [-0.39, 0.29) is 29.0 Å². The number of halogens is 3. The zero-order chi connectivity index (χ0) is 23.9. The van der Waals surface area contributed by atoms with Gasteiger partial charge in [-0.25, -0.2) is 9.36 Å². The Hall–Kier alpha value is -3.95. The van der Waals surface area contributed by atoms with Crippen LogP contribution in [0.1, 0.15) is 33.0 Å². The maximum absolute atomic E-state index is 13.8. The van der Waals surface area contributed by atoms with E-state index in [0.717, 1.165) is 10.7 Å². The molecule has 0 fully saturated rings. The highest BCUT2D eigenvalue weighted by molar-refractivity contribution is 6.04. The van der Waals surface area contributed by atoms with E-state index in [1.807, 2.05) is 0 Å². The molecule has 170 valence electrons. The molecule has 0 unspecified atom stereocenters. The van der Waals surface area contributed by atoms with Crippen LogP contribution in [0.25, 0.3) is 16.5 Å². The summed E-state index contributed by atoms with van der Waals surface area (Å²) in [5.41, 5.74) is 0.278. The van der Waals surface area contributed by atoms with Crippen LogP contribution < -0.4 is 10.9 Å². The van der Waals surface area contributed by atoms with Crippen molar-refractivity contribution in [1.29, 1.82) is 0 Å². The highest BCUT2D eigenvalue weighted by atomic mass is 19.4. The molecule has 2 heterocycles. The van der Waals surface area contributed by atoms with Crippen LogP contribution in [0.5, 0.6) is 0 Å². The number of aryl methyl sites for hydroxylation is 3. The Labute approximate surface area is 186 Å². The third-order valence-electron chi connectivity index (χ3n) is 5.26. The van der Waals surface area contributed by atoms with Crippen LogP contribution in [0.2, 0.25) is 0 Å². The molecule has 10 heteroatoms. The molecule has 0 bridgehead atoms. The second-order valence-corrected chi connectivity index (χ2v) is 7.68. The van der Waals surface area contributed by atoms with Gasteiger partial charge < -0.3 is 5.32 Å². The molecule has 0 aliphatic rings. The van der Waals surface area contributed by atoms with Crippen molar-refractivity contribution in [2.24, 2.45) is 7.05 Å². The van der Waals surface area contributed by atoms with Gasteiger partial charge in [-0.05, 0) is 43.7 Å². The van der Waals surface area contributed by atoms with Gasteiger partial charge in [0.1, 0.15) is 0 Å². The maximum Gasteiger partial charge on any atom is 0.416 e. The minimum absolute atomic E-state index is 0.0412. The van der Waals surface area contributed by atoms with Crippen molar-refractivity contribution in [1.82, 2.24) is 24.9 Å². The number of nitrogens with zero attached hydrogens (tertiary/aromatic N) is 4. The largest absolute Gasteiger partial charge is 0.416 e. The number of amides is 1. The lowest BCUT2D eigenvalue weighted by molar-refractivity contribution is -0.138. The van der Waals surface area contributed by atoms with Crippen LogP contribution in [0, 0.1) is 13.8 Å². The van der Waals surface area contributed by atoms with Gasteiger partial charge in [0.05, 0.1) is 22.3 Å². The Morgan fingerprint density at radius 1 is 1.03 bits per heavy atom. The zero-order valence-corrected chi connectivity index (χ0v) is 18.1. The lowest BCUT2D eigenvalue weighted by atomic mass is 10.1. The molecule has 2 aromatic heterocycles. The van der Waals surface area contributed by atoms with Crippen molar-refractivity contribution in [3.8, 4) is 5.69 Å². The molecule has 1 N–H and O–H groups in total. The number of nitrogens with one attached hydrogen (secondary N) is 1. The first-order valence-corrected chi connectivity index (χ1v) is 10.0. The Morgan fingerprint density at radius 3 is 2.36 bits per heavy atom. The monoisotopic (exact) mass is 455 g/mol. The van der Waals surface area contributed by atoms with E-state index in [0.29, 0.717) is 22.2 Å². The van der Waals surface area contributed by atoms with Gasteiger partial charge in [0.2, 0.25) is 0 Å². The average molecular weight is 455 g/mol. The molecule has 0 atom stereocenters. The summed E-state index contributed by atoms with van der Waals surface area (Å²) in [6, 6.07) is 12.1. The fraction of sp³-hybridized carbons (Fsp3) is 0.217. The third kappa shape index (κ3) is 4.23. The van der Waals surface area contributed by atoms with E-state index >= 15 is 0 Å². The fourth-order valence-corrected chi connectivity index (χ4v) is 3.73. The number of aromatic nitrogens is 4. The summed E-state index contributed by atoms with van der Waals surface area (Å²) in [5.74, 6) is -0.683. The van der Waals surface area contributed by atoms with Crippen LogP contribution in [-0.4, -0.2) is 25.5 Å². The van der Waals surface area contributed by atoms with Crippen LogP contribution in [-0.2, 0) is 19.8 Å². The molecule has 0 radical (unpaired) electrons. The molecule has 1 amide bonds. The molecular weight excluding hydrogens is 435 g/mol. The van der Waals surface area contributed by atoms with Gasteiger partial charge in [0, 0.05) is 24.7 Å². The highest BCUT2D eigenvalue weighted by Crippen LogP contribution is 2.33. The van der Waals surface area contributed by atoms with Crippen LogP contribution in [0.4, 0.5) is 13.2 Å². The molecule has 7 nitrogen and oxygen atoms in total. The number of benzene rings is 2. The smallest absolute Gasteiger partial charge is 0.347 e. The Balaban J connectivity index is 1.67. The number of carbonyl (C=O) groups excluding carboxylic acids is 1. The lowest BCUT2D eigenvalue weighted by Gasteiger charge is -2.16. The van der Waals surface area contributed by atoms with E-state index in [9.17, 15) is 22.8 Å². The number of hydrogen-bond donors (Lipinski definition) is 1. The van der Waals surface area contributed by atoms with E-state index in [4.69, 9.17) is 0 Å². The van der Waals surface area contributed by atoms with Crippen molar-refractivity contribution in [3.05, 3.63) is 87.1 Å². The predicted molar refractivity (Wildman–Crippen MR) is 116 cm³/mol. The van der Waals surface area contributed by atoms with Gasteiger partial charge in [0.25, 0.3) is 11.5 Å². The van der Waals surface area contributed by atoms with Crippen molar-refractivity contribution < 1.29 is 18.0 Å². The van der Waals surface area contributed by atoms with Gasteiger partial charge in [-0.2, -0.15) is 23.4 Å². The van der Waals surface area contributed by atoms with Crippen molar-refractivity contribution >= 4 is 16.7 Å². The maximum atomic E-state index is 13.8. The van der Waals surface area contributed by atoms with Crippen molar-refractivity contribution in [2.75, 3.05) is 0 Å². The summed E-state index contributed by atoms with van der Waals surface area (Å²) in [6.07, 6.45) is -4.63. The minimum atomic E-state index is -4.63. The third-order valence-corrected chi connectivity index (χ3v) is 5.26. The topological polar surface area (TPSA) is 81.8 Å². The first kappa shape index (κ1) is 22.3. The molecule has 0 aliphatic heterocycles. The van der Waals surface area contributed by atoms with E-state index in [1.54, 1.807) is 44.2 Å². The molecule has 0 saturated carbocycles. The summed E-state index contributed by atoms with van der Waals surface area (Å²) in [6.45, 7) is 3.14. The van der Waals surface area contributed by atoms with E-state index < -0.39 is 17.6 Å². The van der Waals surface area contributed by atoms with Crippen LogP contribution in [0.15, 0.2) is 53.3 Å². The zero-order valence-electron chi connectivity index (χ0n) is 18.1. The van der Waals surface area contributed by atoms with Crippen molar-refractivity contribution in [2.45, 2.75) is 26.6 Å². The Kier molecular flexibility index (Phi) is 5.52. The van der Waals surface area contributed by atoms with Gasteiger partial charge in [-0.15, -0.1) is 0 Å². The molecule has 33 heavy (non-hydrogen) atoms. The summed E-state index contributed by atoms with van der Waals surface area (Å²) in [7, 11) is 1.41. The summed E-state index contributed by atoms with van der Waals surface area (Å²) < 4.78 is 43.9. The second kappa shape index (κ2) is 8.19. The van der Waals surface area contributed by atoms with Crippen LogP contribution in [0.3, 0.4) is 0 Å². The standard InChI is InChI=1S/C23H20F3N5O2/c1-13-10-14(2)31(28-13)16-9-8-15(19(11-16)23(24,25)26)12-27-21(32)20-17-6-4-5-7-18(17)22(33)30(3)29-20/h4-11H,12H2,1-3H3,(H,27,32). The average Bonchev–Trinajstić information content (AvgIpc) is 3.11. The van der Waals surface area contributed by atoms with Gasteiger partial charge in [-0.1, -0.05) is 24.3 Å². The molecule has 2 aromatic carbocycles. The van der Waals surface area contributed by atoms with Crippen LogP contribution >= 0.6 is 0 Å². The molecule has 4 rings (SSSR count). The number of carbonyl (C=O) groups is 1. The SMILES string of the molecule is Cc1cc(C)n(-c2ccc(CNC(=O)c3nn(C)c(=O)c4ccccc34)c(C(F)(F)F)c2)n1. The van der Waals surface area contributed by atoms with Gasteiger partial charge in [-0.3, -0.25) is 9.59 Å². The predicted octanol–water partition coefficient (Wildman–Crippen LogP) is 3.68. The molecule has 0 aliphatic carbocycles. The second-order valence-electron chi connectivity index (χ2n) is 7.68. The molecule has 0 saturated heterocycles. The lowest BCUT2D eigenvalue weighted by Crippen LogP contribution is -2.29. The van der Waals surface area contributed by atoms with Gasteiger partial charge in [0.15, 0.2) is 5.69 Å². The molecule has 4 aromatic rings. The summed E-state index contributed by atoms with van der Waals surface area (Å²) in [5, 5.41) is 11.4. The number of hydrogen-bond acceptors (Lipinski definition) is 4. The number of fused-ring (bicyclic) bond motifs is 1. The number of alkyl halides is 3. The molecular formula is C23H20F3N5O2. The van der Waals surface area contributed by atoms with Gasteiger partial charge >= 0.3 is 6.18 Å². The fourth-order valence-electron chi connectivity index (χ4n) is 3.73. The first-order valence-electron chi connectivity index (χ1n) is 10.0. The first-order chi connectivity index (χ1) is 15.6. The quantitative estimate of drug-likeness (QED) is 0.509. The Bertz CT molecular complexity index is 1440. The summed E-state index contributed by atoms with van der Waals surface area (Å²) >= 11 is 0. The minimum Gasteiger partial charge on any atom is -0.347 e. The highest BCUT2D eigenvalue weighted by Gasteiger charge is 2.34. The van der Waals surface area contributed by atoms with Crippen molar-refractivity contribution in [3.63, 3.8) is 0 Å². The summed E-state index contributed by atoms with van der Waals surface area (Å²) in [4.78, 5) is 25.1. The molecule has 0 spiro atoms. The number of rotatable bonds is 4. The van der Waals surface area contributed by atoms with E-state index in [1.165, 1.54) is 23.9 Å². The van der Waals surface area contributed by atoms with E-state index in [2.05, 4.69) is 15.5 Å².